The molecule has 2 aromatic carbocycles. The Labute approximate surface area is 217 Å². The van der Waals surface area contributed by atoms with Crippen LogP contribution in [-0.4, -0.2) is 85.2 Å². The summed E-state index contributed by atoms with van der Waals surface area (Å²) in [5.41, 5.74) is 2.34. The number of amides is 2. The Morgan fingerprint density at radius 2 is 1.59 bits per heavy atom. The van der Waals surface area contributed by atoms with E-state index in [0.717, 1.165) is 48.2 Å². The average molecular weight is 506 g/mol. The van der Waals surface area contributed by atoms with Gasteiger partial charge in [0.1, 0.15) is 17.4 Å². The summed E-state index contributed by atoms with van der Waals surface area (Å²) >= 11 is 0. The van der Waals surface area contributed by atoms with Gasteiger partial charge in [0.25, 0.3) is 5.91 Å². The number of ether oxygens (including phenoxy) is 2. The van der Waals surface area contributed by atoms with E-state index in [0.29, 0.717) is 43.6 Å². The number of methoxy groups -OCH3 is 1. The van der Waals surface area contributed by atoms with E-state index in [9.17, 15) is 9.59 Å². The molecule has 0 saturated carbocycles. The number of hydrogen-bond donors (Lipinski definition) is 0. The first-order valence-corrected chi connectivity index (χ1v) is 13.1. The molecule has 196 valence electrons. The van der Waals surface area contributed by atoms with Crippen molar-refractivity contribution in [3.05, 3.63) is 54.3 Å². The third-order valence-electron chi connectivity index (χ3n) is 7.43. The SMILES string of the molecule is COC(=O)N1CCN(C(=O)c2oc3cc(OC4CCN(C(C)C)CC4)ccc3c2-c2ccccc2)CC1. The minimum absolute atomic E-state index is 0.170. The van der Waals surface area contributed by atoms with E-state index in [1.54, 1.807) is 9.80 Å². The molecule has 8 nitrogen and oxygen atoms in total. The molecular weight excluding hydrogens is 470 g/mol. The summed E-state index contributed by atoms with van der Waals surface area (Å²) < 4.78 is 17.4. The monoisotopic (exact) mass is 505 g/mol. The molecule has 2 aliphatic heterocycles. The highest BCUT2D eigenvalue weighted by molar-refractivity contribution is 6.08. The molecule has 3 aromatic rings. The molecule has 0 radical (unpaired) electrons. The summed E-state index contributed by atoms with van der Waals surface area (Å²) in [5, 5.41) is 0.879. The number of benzene rings is 2. The molecular formula is C29H35N3O5. The second-order valence-electron chi connectivity index (χ2n) is 10.0. The van der Waals surface area contributed by atoms with Gasteiger partial charge in [-0.05, 0) is 44.4 Å². The number of piperidine rings is 1. The predicted molar refractivity (Wildman–Crippen MR) is 142 cm³/mol. The van der Waals surface area contributed by atoms with Gasteiger partial charge in [0.05, 0.1) is 7.11 Å². The summed E-state index contributed by atoms with van der Waals surface area (Å²) in [7, 11) is 1.37. The lowest BCUT2D eigenvalue weighted by atomic mass is 10.0. The van der Waals surface area contributed by atoms with Crippen molar-refractivity contribution >= 4 is 23.0 Å². The van der Waals surface area contributed by atoms with Crippen molar-refractivity contribution < 1.29 is 23.5 Å². The Hall–Kier alpha value is -3.52. The number of furan rings is 1. The van der Waals surface area contributed by atoms with Gasteiger partial charge in [-0.15, -0.1) is 0 Å². The van der Waals surface area contributed by atoms with Crippen molar-refractivity contribution in [3.8, 4) is 16.9 Å². The standard InChI is InChI=1S/C29H35N3O5/c1-20(2)30-13-11-22(12-14-30)36-23-9-10-24-25(19-23)37-27(26(24)21-7-5-4-6-8-21)28(33)31-15-17-32(18-16-31)29(34)35-3/h4-10,19-20,22H,11-18H2,1-3H3. The van der Waals surface area contributed by atoms with Crippen molar-refractivity contribution in [1.29, 1.82) is 0 Å². The average Bonchev–Trinajstić information content (AvgIpc) is 3.32. The first-order valence-electron chi connectivity index (χ1n) is 13.1. The number of carbonyl (C=O) groups excluding carboxylic acids is 2. The van der Waals surface area contributed by atoms with Gasteiger partial charge in [-0.2, -0.15) is 0 Å². The maximum absolute atomic E-state index is 13.7. The number of piperazine rings is 1. The van der Waals surface area contributed by atoms with Gasteiger partial charge in [-0.3, -0.25) is 4.79 Å². The molecule has 0 bridgehead atoms. The van der Waals surface area contributed by atoms with Crippen LogP contribution in [0, 0.1) is 0 Å². The molecule has 0 aliphatic carbocycles. The molecule has 0 N–H and O–H groups in total. The van der Waals surface area contributed by atoms with Crippen molar-refractivity contribution in [3.63, 3.8) is 0 Å². The highest BCUT2D eigenvalue weighted by atomic mass is 16.5. The smallest absolute Gasteiger partial charge is 0.409 e. The van der Waals surface area contributed by atoms with Crippen LogP contribution in [0.25, 0.3) is 22.1 Å². The van der Waals surface area contributed by atoms with Crippen LogP contribution < -0.4 is 4.74 Å². The fraction of sp³-hybridized carbons (Fsp3) is 0.448. The normalized spacial score (nSPS) is 17.4. The van der Waals surface area contributed by atoms with E-state index in [1.807, 2.05) is 48.5 Å². The van der Waals surface area contributed by atoms with Crippen LogP contribution in [0.15, 0.2) is 52.9 Å². The number of fused-ring (bicyclic) bond motifs is 1. The summed E-state index contributed by atoms with van der Waals surface area (Å²) in [5.74, 6) is 0.896. The Morgan fingerprint density at radius 1 is 0.919 bits per heavy atom. The quantitative estimate of drug-likeness (QED) is 0.492. The van der Waals surface area contributed by atoms with Gasteiger partial charge in [0, 0.05) is 62.3 Å². The molecule has 8 heteroatoms. The lowest BCUT2D eigenvalue weighted by molar-refractivity contribution is 0.0576. The first kappa shape index (κ1) is 25.1. The first-order chi connectivity index (χ1) is 17.9. The lowest BCUT2D eigenvalue weighted by Gasteiger charge is -2.34. The minimum atomic E-state index is -0.372. The summed E-state index contributed by atoms with van der Waals surface area (Å²) in [6.45, 7) is 8.21. The Kier molecular flexibility index (Phi) is 7.37. The van der Waals surface area contributed by atoms with Crippen LogP contribution in [-0.2, 0) is 4.74 Å². The van der Waals surface area contributed by atoms with Crippen LogP contribution >= 0.6 is 0 Å². The zero-order chi connectivity index (χ0) is 25.9. The van der Waals surface area contributed by atoms with Crippen LogP contribution in [0.5, 0.6) is 5.75 Å². The molecule has 37 heavy (non-hydrogen) atoms. The number of likely N-dealkylation sites (tertiary alicyclic amines) is 1. The van der Waals surface area contributed by atoms with Gasteiger partial charge < -0.3 is 28.6 Å². The molecule has 2 fully saturated rings. The lowest BCUT2D eigenvalue weighted by Crippen LogP contribution is -2.50. The zero-order valence-electron chi connectivity index (χ0n) is 21.8. The topological polar surface area (TPSA) is 75.5 Å². The third-order valence-corrected chi connectivity index (χ3v) is 7.43. The van der Waals surface area contributed by atoms with E-state index in [4.69, 9.17) is 13.9 Å². The molecule has 0 spiro atoms. The fourth-order valence-corrected chi connectivity index (χ4v) is 5.26. The summed E-state index contributed by atoms with van der Waals surface area (Å²) in [6.07, 6.45) is 1.78. The van der Waals surface area contributed by atoms with Crippen LogP contribution in [0.1, 0.15) is 37.2 Å². The van der Waals surface area contributed by atoms with E-state index < -0.39 is 0 Å². The van der Waals surface area contributed by atoms with Crippen molar-refractivity contribution in [2.75, 3.05) is 46.4 Å². The summed E-state index contributed by atoms with van der Waals surface area (Å²) in [6, 6.07) is 16.3. The number of rotatable bonds is 5. The van der Waals surface area contributed by atoms with Crippen molar-refractivity contribution in [1.82, 2.24) is 14.7 Å². The van der Waals surface area contributed by atoms with Crippen LogP contribution in [0.2, 0.25) is 0 Å². The van der Waals surface area contributed by atoms with E-state index >= 15 is 0 Å². The van der Waals surface area contributed by atoms with Gasteiger partial charge >= 0.3 is 6.09 Å². The molecule has 0 atom stereocenters. The zero-order valence-corrected chi connectivity index (χ0v) is 21.8. The fourth-order valence-electron chi connectivity index (χ4n) is 5.26. The molecule has 3 heterocycles. The third kappa shape index (κ3) is 5.30. The highest BCUT2D eigenvalue weighted by Gasteiger charge is 2.30. The maximum Gasteiger partial charge on any atom is 0.409 e. The molecule has 0 unspecified atom stereocenters. The maximum atomic E-state index is 13.7. The Bertz CT molecular complexity index is 1240. The van der Waals surface area contributed by atoms with Crippen LogP contribution in [0.4, 0.5) is 4.79 Å². The molecule has 2 aliphatic rings. The van der Waals surface area contributed by atoms with Crippen molar-refractivity contribution in [2.24, 2.45) is 0 Å². The number of carbonyl (C=O) groups is 2. The van der Waals surface area contributed by atoms with Gasteiger partial charge in [0.2, 0.25) is 5.76 Å². The van der Waals surface area contributed by atoms with Gasteiger partial charge in [0.15, 0.2) is 0 Å². The van der Waals surface area contributed by atoms with E-state index in [2.05, 4.69) is 18.7 Å². The van der Waals surface area contributed by atoms with Crippen LogP contribution in [0.3, 0.4) is 0 Å². The molecule has 2 amide bonds. The molecule has 5 rings (SSSR count). The van der Waals surface area contributed by atoms with Crippen molar-refractivity contribution in [2.45, 2.75) is 38.8 Å². The predicted octanol–water partition coefficient (Wildman–Crippen LogP) is 4.88. The summed E-state index contributed by atoms with van der Waals surface area (Å²) in [4.78, 5) is 31.3. The number of nitrogens with zero attached hydrogens (tertiary/aromatic N) is 3. The minimum Gasteiger partial charge on any atom is -0.490 e. The second-order valence-corrected chi connectivity index (χ2v) is 10.0. The highest BCUT2D eigenvalue weighted by Crippen LogP contribution is 2.38. The van der Waals surface area contributed by atoms with E-state index in [-0.39, 0.29) is 18.1 Å². The number of hydrogen-bond acceptors (Lipinski definition) is 6. The largest absolute Gasteiger partial charge is 0.490 e. The van der Waals surface area contributed by atoms with Gasteiger partial charge in [-0.1, -0.05) is 30.3 Å². The van der Waals surface area contributed by atoms with Gasteiger partial charge in [-0.25, -0.2) is 4.79 Å². The molecule has 2 saturated heterocycles. The second kappa shape index (κ2) is 10.8. The molecule has 1 aromatic heterocycles. The van der Waals surface area contributed by atoms with E-state index in [1.165, 1.54) is 7.11 Å². The Balaban J connectivity index is 1.40. The Morgan fingerprint density at radius 3 is 2.24 bits per heavy atom.